The molecule has 15 heavy (non-hydrogen) atoms. The van der Waals surface area contributed by atoms with Crippen LogP contribution in [-0.4, -0.2) is 25.3 Å². The van der Waals surface area contributed by atoms with Crippen LogP contribution in [0.4, 0.5) is 0 Å². The predicted molar refractivity (Wildman–Crippen MR) is 50.8 cm³/mol. The van der Waals surface area contributed by atoms with Crippen LogP contribution in [0.25, 0.3) is 0 Å². The number of rotatable bonds is 3. The summed E-state index contributed by atoms with van der Waals surface area (Å²) in [5.41, 5.74) is -0.328. The van der Waals surface area contributed by atoms with Gasteiger partial charge in [0.25, 0.3) is 0 Å². The van der Waals surface area contributed by atoms with E-state index in [2.05, 4.69) is 15.4 Å². The van der Waals surface area contributed by atoms with E-state index < -0.39 is 5.60 Å². The zero-order valence-electron chi connectivity index (χ0n) is 8.58. The van der Waals surface area contributed by atoms with Crippen LogP contribution < -0.4 is 0 Å². The lowest BCUT2D eigenvalue weighted by Gasteiger charge is -2.19. The Morgan fingerprint density at radius 1 is 1.60 bits per heavy atom. The predicted octanol–water partition coefficient (Wildman–Crippen LogP) is 0.253. The molecule has 0 aliphatic rings. The Morgan fingerprint density at radius 2 is 2.40 bits per heavy atom. The van der Waals surface area contributed by atoms with Crippen LogP contribution >= 0.6 is 0 Å². The van der Waals surface area contributed by atoms with Gasteiger partial charge in [-0.05, 0) is 18.2 Å². The fourth-order valence-corrected chi connectivity index (χ4v) is 1.37. The number of tetrazole rings is 1. The van der Waals surface area contributed by atoms with E-state index in [1.165, 1.54) is 17.3 Å². The number of nitrogens with zero attached hydrogens (tertiary/aromatic N) is 4. The van der Waals surface area contributed by atoms with Gasteiger partial charge in [-0.3, -0.25) is 0 Å². The molecule has 0 amide bonds. The molecule has 6 heteroatoms. The van der Waals surface area contributed by atoms with Crippen LogP contribution in [0.5, 0.6) is 0 Å². The first-order valence-electron chi connectivity index (χ1n) is 4.56. The number of aliphatic hydroxyl groups is 1. The third kappa shape index (κ3) is 2.04. The van der Waals surface area contributed by atoms with Gasteiger partial charge in [-0.15, -0.1) is 10.2 Å². The molecule has 2 aromatic rings. The number of aromatic nitrogens is 4. The quantitative estimate of drug-likeness (QED) is 0.782. The molecule has 0 aliphatic carbocycles. The summed E-state index contributed by atoms with van der Waals surface area (Å²) >= 11 is 0. The topological polar surface area (TPSA) is 77.0 Å². The molecule has 80 valence electrons. The van der Waals surface area contributed by atoms with Crippen LogP contribution in [0.15, 0.2) is 23.0 Å². The van der Waals surface area contributed by atoms with Crippen molar-refractivity contribution >= 4 is 0 Å². The average Bonchev–Trinajstić information content (AvgIpc) is 2.75. The van der Waals surface area contributed by atoms with Crippen molar-refractivity contribution in [3.05, 3.63) is 30.0 Å². The second kappa shape index (κ2) is 3.47. The van der Waals surface area contributed by atoms with Gasteiger partial charge >= 0.3 is 0 Å². The first-order chi connectivity index (χ1) is 7.08. The highest BCUT2D eigenvalue weighted by atomic mass is 16.3. The summed E-state index contributed by atoms with van der Waals surface area (Å²) in [6.07, 6.45) is 3.34. The third-order valence-electron chi connectivity index (χ3n) is 2.20. The molecule has 2 aromatic heterocycles. The van der Waals surface area contributed by atoms with E-state index in [0.717, 1.165) is 0 Å². The molecule has 1 atom stereocenters. The van der Waals surface area contributed by atoms with Gasteiger partial charge in [0.15, 0.2) is 5.82 Å². The van der Waals surface area contributed by atoms with Gasteiger partial charge in [0, 0.05) is 12.0 Å². The van der Waals surface area contributed by atoms with E-state index in [1.54, 1.807) is 20.0 Å². The highest BCUT2D eigenvalue weighted by Crippen LogP contribution is 2.23. The third-order valence-corrected chi connectivity index (χ3v) is 2.20. The normalized spacial score (nSPS) is 15.1. The summed E-state index contributed by atoms with van der Waals surface area (Å²) in [6, 6.07) is 1.72. The minimum atomic E-state index is -1.03. The van der Waals surface area contributed by atoms with E-state index in [9.17, 15) is 5.11 Å². The standard InChI is InChI=1S/C9H12N4O2/c1-9(14,7-3-4-15-6-7)5-8-10-12-13(2)11-8/h3-4,6,14H,5H2,1-2H3. The molecular formula is C9H12N4O2. The minimum Gasteiger partial charge on any atom is -0.472 e. The summed E-state index contributed by atoms with van der Waals surface area (Å²) in [5.74, 6) is 0.503. The zero-order chi connectivity index (χ0) is 10.9. The highest BCUT2D eigenvalue weighted by Gasteiger charge is 2.26. The SMILES string of the molecule is Cn1nnc(CC(C)(O)c2ccoc2)n1. The smallest absolute Gasteiger partial charge is 0.178 e. The van der Waals surface area contributed by atoms with Crippen LogP contribution in [0.2, 0.25) is 0 Å². The molecule has 2 rings (SSSR count). The number of hydrogen-bond donors (Lipinski definition) is 1. The lowest BCUT2D eigenvalue weighted by atomic mass is 9.95. The van der Waals surface area contributed by atoms with Crippen molar-refractivity contribution in [3.63, 3.8) is 0 Å². The van der Waals surface area contributed by atoms with E-state index in [0.29, 0.717) is 17.8 Å². The zero-order valence-corrected chi connectivity index (χ0v) is 8.58. The maximum atomic E-state index is 10.2. The molecule has 0 radical (unpaired) electrons. The molecule has 6 nitrogen and oxygen atoms in total. The van der Waals surface area contributed by atoms with E-state index >= 15 is 0 Å². The fourth-order valence-electron chi connectivity index (χ4n) is 1.37. The first-order valence-corrected chi connectivity index (χ1v) is 4.56. The van der Waals surface area contributed by atoms with Crippen molar-refractivity contribution in [1.82, 2.24) is 20.2 Å². The molecule has 0 aliphatic heterocycles. The van der Waals surface area contributed by atoms with Crippen LogP contribution in [0.1, 0.15) is 18.3 Å². The average molecular weight is 208 g/mol. The second-order valence-electron chi connectivity index (χ2n) is 3.66. The molecule has 0 saturated heterocycles. The van der Waals surface area contributed by atoms with Crippen LogP contribution in [-0.2, 0) is 19.1 Å². The summed E-state index contributed by atoms with van der Waals surface area (Å²) in [7, 11) is 1.68. The van der Waals surface area contributed by atoms with Crippen LogP contribution in [0, 0.1) is 0 Å². The lowest BCUT2D eigenvalue weighted by molar-refractivity contribution is 0.0548. The largest absolute Gasteiger partial charge is 0.472 e. The molecule has 0 spiro atoms. The second-order valence-corrected chi connectivity index (χ2v) is 3.66. The fraction of sp³-hybridized carbons (Fsp3) is 0.444. The van der Waals surface area contributed by atoms with Gasteiger partial charge in [-0.2, -0.15) is 4.80 Å². The summed E-state index contributed by atoms with van der Waals surface area (Å²) < 4.78 is 4.92. The van der Waals surface area contributed by atoms with Crippen LogP contribution in [0.3, 0.4) is 0 Å². The van der Waals surface area contributed by atoms with Gasteiger partial charge in [-0.1, -0.05) is 0 Å². The maximum absolute atomic E-state index is 10.2. The molecule has 0 aromatic carbocycles. The maximum Gasteiger partial charge on any atom is 0.178 e. The highest BCUT2D eigenvalue weighted by molar-refractivity contribution is 5.16. The lowest BCUT2D eigenvalue weighted by Crippen LogP contribution is -2.24. The first kappa shape index (κ1) is 9.85. The van der Waals surface area contributed by atoms with Crippen molar-refractivity contribution in [2.75, 3.05) is 0 Å². The number of hydrogen-bond acceptors (Lipinski definition) is 5. The molecule has 1 N–H and O–H groups in total. The van der Waals surface area contributed by atoms with Crippen molar-refractivity contribution in [3.8, 4) is 0 Å². The van der Waals surface area contributed by atoms with E-state index in [-0.39, 0.29) is 0 Å². The number of aryl methyl sites for hydroxylation is 1. The van der Waals surface area contributed by atoms with Gasteiger partial charge in [0.2, 0.25) is 0 Å². The molecular weight excluding hydrogens is 196 g/mol. The Labute approximate surface area is 86.5 Å². The van der Waals surface area contributed by atoms with Crippen molar-refractivity contribution < 1.29 is 9.52 Å². The van der Waals surface area contributed by atoms with Gasteiger partial charge in [0.1, 0.15) is 0 Å². The Bertz CT molecular complexity index is 433. The Hall–Kier alpha value is -1.69. The van der Waals surface area contributed by atoms with E-state index in [4.69, 9.17) is 4.42 Å². The Kier molecular flexibility index (Phi) is 2.28. The number of furan rings is 1. The van der Waals surface area contributed by atoms with Crippen molar-refractivity contribution in [2.24, 2.45) is 7.05 Å². The van der Waals surface area contributed by atoms with Gasteiger partial charge in [-0.25, -0.2) is 0 Å². The monoisotopic (exact) mass is 208 g/mol. The summed E-state index contributed by atoms with van der Waals surface area (Å²) in [5, 5.41) is 21.7. The van der Waals surface area contributed by atoms with Crippen molar-refractivity contribution in [1.29, 1.82) is 0 Å². The Morgan fingerprint density at radius 3 is 2.93 bits per heavy atom. The summed E-state index contributed by atoms with van der Waals surface area (Å²) in [4.78, 5) is 1.36. The molecule has 0 fully saturated rings. The molecule has 0 saturated carbocycles. The molecule has 2 heterocycles. The minimum absolute atomic E-state index is 0.306. The van der Waals surface area contributed by atoms with Crippen molar-refractivity contribution in [2.45, 2.75) is 18.9 Å². The van der Waals surface area contributed by atoms with Gasteiger partial charge in [0.05, 0.1) is 25.2 Å². The van der Waals surface area contributed by atoms with E-state index in [1.807, 2.05) is 0 Å². The molecule has 1 unspecified atom stereocenters. The molecule has 0 bridgehead atoms. The van der Waals surface area contributed by atoms with Gasteiger partial charge < -0.3 is 9.52 Å². The Balaban J connectivity index is 2.18. The summed E-state index contributed by atoms with van der Waals surface area (Å²) in [6.45, 7) is 1.69.